The van der Waals surface area contributed by atoms with E-state index in [1.165, 1.54) is 40.7 Å². The number of nitrogen functional groups attached to an aromatic ring is 1. The van der Waals surface area contributed by atoms with Crippen LogP contribution in [0.5, 0.6) is 0 Å². The van der Waals surface area contributed by atoms with Crippen LogP contribution >= 0.6 is 0 Å². The number of halogens is 1. The molecule has 0 saturated heterocycles. The van der Waals surface area contributed by atoms with Crippen molar-refractivity contribution >= 4 is 21.4 Å². The highest BCUT2D eigenvalue weighted by molar-refractivity contribution is 7.92. The molecule has 0 bridgehead atoms. The average molecular weight is 294 g/mol. The molecule has 0 fully saturated rings. The van der Waals surface area contributed by atoms with Gasteiger partial charge in [0.2, 0.25) is 0 Å². The molecule has 106 valence electrons. The van der Waals surface area contributed by atoms with E-state index in [1.54, 1.807) is 19.1 Å². The Morgan fingerprint density at radius 1 is 1.15 bits per heavy atom. The van der Waals surface area contributed by atoms with E-state index in [9.17, 15) is 12.8 Å². The van der Waals surface area contributed by atoms with Gasteiger partial charge in [0.1, 0.15) is 5.82 Å². The second-order valence-electron chi connectivity index (χ2n) is 4.22. The lowest BCUT2D eigenvalue weighted by atomic mass is 10.3. The van der Waals surface area contributed by atoms with Crippen LogP contribution in [0.4, 0.5) is 15.8 Å². The number of benzene rings is 2. The first-order valence-corrected chi connectivity index (χ1v) is 7.53. The molecule has 0 radical (unpaired) electrons. The van der Waals surface area contributed by atoms with Crippen molar-refractivity contribution < 1.29 is 12.8 Å². The van der Waals surface area contributed by atoms with E-state index >= 15 is 0 Å². The summed E-state index contributed by atoms with van der Waals surface area (Å²) in [6, 6.07) is 11.4. The molecule has 4 nitrogen and oxygen atoms in total. The van der Waals surface area contributed by atoms with Gasteiger partial charge in [-0.15, -0.1) is 0 Å². The summed E-state index contributed by atoms with van der Waals surface area (Å²) in [4.78, 5) is 0.115. The molecule has 2 N–H and O–H groups in total. The number of anilines is 2. The van der Waals surface area contributed by atoms with Gasteiger partial charge in [0.25, 0.3) is 10.0 Å². The van der Waals surface area contributed by atoms with Crippen LogP contribution in [-0.2, 0) is 10.0 Å². The van der Waals surface area contributed by atoms with Crippen molar-refractivity contribution in [2.24, 2.45) is 0 Å². The quantitative estimate of drug-likeness (QED) is 0.882. The Morgan fingerprint density at radius 3 is 2.35 bits per heavy atom. The molecule has 0 unspecified atom stereocenters. The van der Waals surface area contributed by atoms with Gasteiger partial charge in [-0.05, 0) is 49.4 Å². The predicted molar refractivity (Wildman–Crippen MR) is 77.5 cm³/mol. The van der Waals surface area contributed by atoms with Crippen LogP contribution < -0.4 is 10.0 Å². The van der Waals surface area contributed by atoms with Crippen molar-refractivity contribution in [3.63, 3.8) is 0 Å². The molecule has 0 saturated carbocycles. The third-order valence-corrected chi connectivity index (χ3v) is 4.75. The zero-order valence-electron chi connectivity index (χ0n) is 11.0. The first kappa shape index (κ1) is 14.3. The van der Waals surface area contributed by atoms with Gasteiger partial charge in [0.05, 0.1) is 10.6 Å². The largest absolute Gasteiger partial charge is 0.399 e. The highest BCUT2D eigenvalue weighted by Gasteiger charge is 2.23. The van der Waals surface area contributed by atoms with Crippen molar-refractivity contribution in [2.75, 3.05) is 16.6 Å². The van der Waals surface area contributed by atoms with Gasteiger partial charge in [-0.25, -0.2) is 12.8 Å². The minimum absolute atomic E-state index is 0.115. The molecular formula is C14H15FN2O2S. The lowest BCUT2D eigenvalue weighted by Gasteiger charge is -2.23. The van der Waals surface area contributed by atoms with Crippen molar-refractivity contribution in [1.82, 2.24) is 0 Å². The molecule has 0 aliphatic carbocycles. The predicted octanol–water partition coefficient (Wildman–Crippen LogP) is 2.62. The number of sulfonamides is 1. The minimum atomic E-state index is -3.71. The number of nitrogens with zero attached hydrogens (tertiary/aromatic N) is 1. The van der Waals surface area contributed by atoms with Gasteiger partial charge in [0, 0.05) is 12.2 Å². The first-order valence-electron chi connectivity index (χ1n) is 6.09. The zero-order valence-corrected chi connectivity index (χ0v) is 11.8. The molecule has 20 heavy (non-hydrogen) atoms. The molecule has 0 atom stereocenters. The van der Waals surface area contributed by atoms with Crippen molar-refractivity contribution in [2.45, 2.75) is 11.8 Å². The fraction of sp³-hybridized carbons (Fsp3) is 0.143. The molecule has 0 amide bonds. The van der Waals surface area contributed by atoms with Crippen molar-refractivity contribution in [3.8, 4) is 0 Å². The molecule has 2 aromatic carbocycles. The Kier molecular flexibility index (Phi) is 3.94. The summed E-state index contributed by atoms with van der Waals surface area (Å²) in [6.45, 7) is 1.95. The van der Waals surface area contributed by atoms with E-state index in [0.29, 0.717) is 11.4 Å². The third-order valence-electron chi connectivity index (χ3n) is 2.85. The Hall–Kier alpha value is -2.08. The van der Waals surface area contributed by atoms with E-state index in [-0.39, 0.29) is 11.4 Å². The van der Waals surface area contributed by atoms with Crippen LogP contribution in [0.3, 0.4) is 0 Å². The van der Waals surface area contributed by atoms with Crippen LogP contribution in [0.1, 0.15) is 6.92 Å². The Bertz CT molecular complexity index is 699. The highest BCUT2D eigenvalue weighted by atomic mass is 32.2. The Balaban J connectivity index is 2.47. The maximum absolute atomic E-state index is 12.9. The van der Waals surface area contributed by atoms with Crippen LogP contribution in [-0.4, -0.2) is 15.0 Å². The lowest BCUT2D eigenvalue weighted by Crippen LogP contribution is -2.30. The topological polar surface area (TPSA) is 63.4 Å². The normalized spacial score (nSPS) is 11.3. The monoisotopic (exact) mass is 294 g/mol. The van der Waals surface area contributed by atoms with Gasteiger partial charge < -0.3 is 5.73 Å². The third kappa shape index (κ3) is 2.75. The molecule has 0 aromatic heterocycles. The molecule has 0 heterocycles. The van der Waals surface area contributed by atoms with Crippen LogP contribution in [0.15, 0.2) is 53.4 Å². The van der Waals surface area contributed by atoms with Gasteiger partial charge in [-0.2, -0.15) is 0 Å². The molecule has 0 aliphatic rings. The summed E-state index contributed by atoms with van der Waals surface area (Å²) in [5, 5.41) is 0. The van der Waals surface area contributed by atoms with Crippen LogP contribution in [0.25, 0.3) is 0 Å². The number of rotatable bonds is 4. The Morgan fingerprint density at radius 2 is 1.80 bits per heavy atom. The van der Waals surface area contributed by atoms with Gasteiger partial charge >= 0.3 is 0 Å². The maximum Gasteiger partial charge on any atom is 0.264 e. The molecule has 2 rings (SSSR count). The fourth-order valence-corrected chi connectivity index (χ4v) is 3.43. The second kappa shape index (κ2) is 5.50. The molecule has 2 aromatic rings. The van der Waals surface area contributed by atoms with Gasteiger partial charge in [-0.3, -0.25) is 4.31 Å². The number of nitrogens with two attached hydrogens (primary N) is 1. The minimum Gasteiger partial charge on any atom is -0.399 e. The summed E-state index contributed by atoms with van der Waals surface area (Å²) in [6.07, 6.45) is 0. The molecular weight excluding hydrogens is 279 g/mol. The van der Waals surface area contributed by atoms with Crippen LogP contribution in [0, 0.1) is 5.82 Å². The van der Waals surface area contributed by atoms with Crippen molar-refractivity contribution in [3.05, 3.63) is 54.3 Å². The average Bonchev–Trinajstić information content (AvgIpc) is 2.41. The van der Waals surface area contributed by atoms with E-state index in [0.717, 1.165) is 0 Å². The van der Waals surface area contributed by atoms with E-state index in [1.807, 2.05) is 0 Å². The number of hydrogen-bond acceptors (Lipinski definition) is 3. The fourth-order valence-electron chi connectivity index (χ4n) is 1.90. The standard InChI is InChI=1S/C14H15FN2O2S/c1-2-17(13-8-6-11(15)7-9-13)20(18,19)14-5-3-4-12(16)10-14/h3-10H,2,16H2,1H3. The Labute approximate surface area is 117 Å². The summed E-state index contributed by atoms with van der Waals surface area (Å²) in [5.74, 6) is -0.411. The zero-order chi connectivity index (χ0) is 14.8. The van der Waals surface area contributed by atoms with E-state index in [2.05, 4.69) is 0 Å². The summed E-state index contributed by atoms with van der Waals surface area (Å²) >= 11 is 0. The second-order valence-corrected chi connectivity index (χ2v) is 6.08. The van der Waals surface area contributed by atoms with E-state index in [4.69, 9.17) is 5.73 Å². The highest BCUT2D eigenvalue weighted by Crippen LogP contribution is 2.24. The van der Waals surface area contributed by atoms with Crippen LogP contribution in [0.2, 0.25) is 0 Å². The van der Waals surface area contributed by atoms with E-state index < -0.39 is 15.8 Å². The van der Waals surface area contributed by atoms with Gasteiger partial charge in [-0.1, -0.05) is 6.07 Å². The summed E-state index contributed by atoms with van der Waals surface area (Å²) < 4.78 is 39.3. The lowest BCUT2D eigenvalue weighted by molar-refractivity contribution is 0.591. The number of hydrogen-bond donors (Lipinski definition) is 1. The summed E-state index contributed by atoms with van der Waals surface area (Å²) in [7, 11) is -3.71. The molecule has 6 heteroatoms. The van der Waals surface area contributed by atoms with Crippen molar-refractivity contribution in [1.29, 1.82) is 0 Å². The smallest absolute Gasteiger partial charge is 0.264 e. The molecule has 0 aliphatic heterocycles. The first-order chi connectivity index (χ1) is 9.45. The summed E-state index contributed by atoms with van der Waals surface area (Å²) in [5.41, 5.74) is 6.41. The SMILES string of the molecule is CCN(c1ccc(F)cc1)S(=O)(=O)c1cccc(N)c1. The maximum atomic E-state index is 12.9. The van der Waals surface area contributed by atoms with Gasteiger partial charge in [0.15, 0.2) is 0 Å². The molecule has 0 spiro atoms.